The molecule has 0 bridgehead atoms. The highest BCUT2D eigenvalue weighted by molar-refractivity contribution is 5.78. The van der Waals surface area contributed by atoms with Crippen molar-refractivity contribution in [1.82, 2.24) is 5.32 Å². The van der Waals surface area contributed by atoms with E-state index in [1.807, 2.05) is 32.0 Å². The summed E-state index contributed by atoms with van der Waals surface area (Å²) in [7, 11) is 0. The topological polar surface area (TPSA) is 38.3 Å². The van der Waals surface area contributed by atoms with Crippen molar-refractivity contribution >= 4 is 5.91 Å². The van der Waals surface area contributed by atoms with Gasteiger partial charge in [0.25, 0.3) is 5.91 Å². The average Bonchev–Trinajstić information content (AvgIpc) is 2.67. The van der Waals surface area contributed by atoms with Crippen LogP contribution in [-0.2, 0) is 17.6 Å². The van der Waals surface area contributed by atoms with Gasteiger partial charge >= 0.3 is 0 Å². The van der Waals surface area contributed by atoms with Crippen molar-refractivity contribution in [3.05, 3.63) is 64.2 Å². The van der Waals surface area contributed by atoms with Gasteiger partial charge in [0, 0.05) is 0 Å². The second kappa shape index (κ2) is 8.39. The lowest BCUT2D eigenvalue weighted by atomic mass is 9.89. The number of amides is 1. The first kappa shape index (κ1) is 18.5. The Bertz CT molecular complexity index is 782. The highest BCUT2D eigenvalue weighted by Crippen LogP contribution is 2.26. The van der Waals surface area contributed by atoms with Gasteiger partial charge in [-0.1, -0.05) is 37.3 Å². The number of benzene rings is 2. The fraction of sp³-hybridized carbons (Fsp3) is 0.435. The third-order valence-electron chi connectivity index (χ3n) is 5.43. The van der Waals surface area contributed by atoms with Gasteiger partial charge in [-0.2, -0.15) is 0 Å². The Kier molecular flexibility index (Phi) is 5.97. The predicted octanol–water partition coefficient (Wildman–Crippen LogP) is 4.83. The van der Waals surface area contributed by atoms with E-state index in [1.165, 1.54) is 41.5 Å². The first-order valence-electron chi connectivity index (χ1n) is 9.68. The SMILES string of the molecule is CC[C@H](NC(=O)COc1cccc(C)c1C)c1ccc2c(c1)CCCC2. The average molecular weight is 351 g/mol. The van der Waals surface area contributed by atoms with E-state index in [0.717, 1.165) is 24.2 Å². The van der Waals surface area contributed by atoms with Crippen LogP contribution in [0.25, 0.3) is 0 Å². The van der Waals surface area contributed by atoms with Gasteiger partial charge in [0.05, 0.1) is 6.04 Å². The predicted molar refractivity (Wildman–Crippen MR) is 106 cm³/mol. The molecule has 0 aromatic heterocycles. The minimum absolute atomic E-state index is 0.0388. The third-order valence-corrected chi connectivity index (χ3v) is 5.43. The highest BCUT2D eigenvalue weighted by atomic mass is 16.5. The Labute approximate surface area is 156 Å². The molecule has 3 heteroatoms. The summed E-state index contributed by atoms with van der Waals surface area (Å²) in [6, 6.07) is 12.7. The van der Waals surface area contributed by atoms with Crippen LogP contribution in [0.2, 0.25) is 0 Å². The van der Waals surface area contributed by atoms with E-state index in [9.17, 15) is 4.79 Å². The number of rotatable bonds is 6. The van der Waals surface area contributed by atoms with Gasteiger partial charge in [-0.3, -0.25) is 4.79 Å². The van der Waals surface area contributed by atoms with Gasteiger partial charge in [-0.15, -0.1) is 0 Å². The van der Waals surface area contributed by atoms with Crippen molar-refractivity contribution in [2.24, 2.45) is 0 Å². The maximum Gasteiger partial charge on any atom is 0.258 e. The fourth-order valence-corrected chi connectivity index (χ4v) is 3.65. The quantitative estimate of drug-likeness (QED) is 0.809. The van der Waals surface area contributed by atoms with Crippen molar-refractivity contribution in [3.63, 3.8) is 0 Å². The standard InChI is InChI=1S/C23H29NO2/c1-4-21(20-13-12-18-9-5-6-10-19(18)14-20)24-23(25)15-26-22-11-7-8-16(2)17(22)3/h7-8,11-14,21H,4-6,9-10,15H2,1-3H3,(H,24,25)/t21-/m0/s1. The molecule has 3 rings (SSSR count). The van der Waals surface area contributed by atoms with E-state index >= 15 is 0 Å². The minimum atomic E-state index is -0.0736. The second-order valence-corrected chi connectivity index (χ2v) is 7.25. The maximum absolute atomic E-state index is 12.4. The molecular formula is C23H29NO2. The van der Waals surface area contributed by atoms with Gasteiger partial charge in [0.15, 0.2) is 6.61 Å². The molecular weight excluding hydrogens is 322 g/mol. The number of hydrogen-bond acceptors (Lipinski definition) is 2. The van der Waals surface area contributed by atoms with Crippen molar-refractivity contribution in [1.29, 1.82) is 0 Å². The van der Waals surface area contributed by atoms with Gasteiger partial charge in [0.2, 0.25) is 0 Å². The summed E-state index contributed by atoms with van der Waals surface area (Å²) in [5.41, 5.74) is 6.38. The molecule has 1 aliphatic carbocycles. The number of nitrogens with one attached hydrogen (secondary N) is 1. The summed E-state index contributed by atoms with van der Waals surface area (Å²) in [6.45, 7) is 6.22. The fourth-order valence-electron chi connectivity index (χ4n) is 3.65. The molecule has 2 aromatic rings. The van der Waals surface area contributed by atoms with E-state index in [-0.39, 0.29) is 18.6 Å². The van der Waals surface area contributed by atoms with Crippen LogP contribution in [0.4, 0.5) is 0 Å². The lowest BCUT2D eigenvalue weighted by Crippen LogP contribution is -2.32. The second-order valence-electron chi connectivity index (χ2n) is 7.25. The van der Waals surface area contributed by atoms with E-state index in [2.05, 4.69) is 30.4 Å². The molecule has 3 nitrogen and oxygen atoms in total. The van der Waals surface area contributed by atoms with E-state index < -0.39 is 0 Å². The molecule has 26 heavy (non-hydrogen) atoms. The summed E-state index contributed by atoms with van der Waals surface area (Å²) in [5.74, 6) is 0.706. The Balaban J connectivity index is 1.62. The van der Waals surface area contributed by atoms with Gasteiger partial charge < -0.3 is 10.1 Å². The summed E-state index contributed by atoms with van der Waals surface area (Å²) >= 11 is 0. The molecule has 0 fully saturated rings. The molecule has 2 aromatic carbocycles. The van der Waals surface area contributed by atoms with E-state index in [1.54, 1.807) is 0 Å². The zero-order chi connectivity index (χ0) is 18.5. The minimum Gasteiger partial charge on any atom is -0.483 e. The molecule has 0 saturated heterocycles. The summed E-state index contributed by atoms with van der Waals surface area (Å²) in [5, 5.41) is 3.13. The molecule has 1 atom stereocenters. The van der Waals surface area contributed by atoms with Crippen LogP contribution in [0.1, 0.15) is 60.0 Å². The van der Waals surface area contributed by atoms with Crippen LogP contribution in [0.5, 0.6) is 5.75 Å². The van der Waals surface area contributed by atoms with Crippen LogP contribution >= 0.6 is 0 Å². The molecule has 0 aliphatic heterocycles. The third kappa shape index (κ3) is 4.27. The normalized spacial score (nSPS) is 14.4. The summed E-state index contributed by atoms with van der Waals surface area (Å²) in [6.07, 6.45) is 5.76. The Morgan fingerprint density at radius 1 is 1.12 bits per heavy atom. The molecule has 0 radical (unpaired) electrons. The molecule has 1 N–H and O–H groups in total. The number of ether oxygens (including phenoxy) is 1. The number of fused-ring (bicyclic) bond motifs is 1. The molecule has 0 saturated carbocycles. The van der Waals surface area contributed by atoms with Crippen LogP contribution in [0.15, 0.2) is 36.4 Å². The number of aryl methyl sites for hydroxylation is 3. The van der Waals surface area contributed by atoms with Gasteiger partial charge in [-0.25, -0.2) is 0 Å². The largest absolute Gasteiger partial charge is 0.483 e. The monoisotopic (exact) mass is 351 g/mol. The summed E-state index contributed by atoms with van der Waals surface area (Å²) < 4.78 is 5.74. The molecule has 0 heterocycles. The van der Waals surface area contributed by atoms with Crippen LogP contribution in [0.3, 0.4) is 0 Å². The van der Waals surface area contributed by atoms with Crippen LogP contribution in [-0.4, -0.2) is 12.5 Å². The lowest BCUT2D eigenvalue weighted by Gasteiger charge is -2.22. The summed E-state index contributed by atoms with van der Waals surface area (Å²) in [4.78, 5) is 12.4. The first-order valence-corrected chi connectivity index (χ1v) is 9.68. The highest BCUT2D eigenvalue weighted by Gasteiger charge is 2.16. The number of carbonyl (C=O) groups excluding carboxylic acids is 1. The molecule has 0 spiro atoms. The first-order chi connectivity index (χ1) is 12.6. The zero-order valence-corrected chi connectivity index (χ0v) is 16.1. The Morgan fingerprint density at radius 2 is 1.88 bits per heavy atom. The molecule has 0 unspecified atom stereocenters. The van der Waals surface area contributed by atoms with Crippen molar-refractivity contribution < 1.29 is 9.53 Å². The number of carbonyl (C=O) groups is 1. The zero-order valence-electron chi connectivity index (χ0n) is 16.1. The van der Waals surface area contributed by atoms with Gasteiger partial charge in [0.1, 0.15) is 5.75 Å². The Morgan fingerprint density at radius 3 is 2.65 bits per heavy atom. The van der Waals surface area contributed by atoms with Crippen LogP contribution < -0.4 is 10.1 Å². The van der Waals surface area contributed by atoms with Crippen molar-refractivity contribution in [3.8, 4) is 5.75 Å². The van der Waals surface area contributed by atoms with Gasteiger partial charge in [-0.05, 0) is 79.8 Å². The smallest absolute Gasteiger partial charge is 0.258 e. The van der Waals surface area contributed by atoms with E-state index in [0.29, 0.717) is 0 Å². The van der Waals surface area contributed by atoms with Crippen molar-refractivity contribution in [2.45, 2.75) is 58.9 Å². The number of hydrogen-bond donors (Lipinski definition) is 1. The van der Waals surface area contributed by atoms with Crippen LogP contribution in [0, 0.1) is 13.8 Å². The van der Waals surface area contributed by atoms with E-state index in [4.69, 9.17) is 4.74 Å². The molecule has 138 valence electrons. The lowest BCUT2D eigenvalue weighted by molar-refractivity contribution is -0.123. The molecule has 1 aliphatic rings. The molecule has 1 amide bonds. The van der Waals surface area contributed by atoms with Crippen molar-refractivity contribution in [2.75, 3.05) is 6.61 Å². The Hall–Kier alpha value is -2.29. The maximum atomic E-state index is 12.4.